The van der Waals surface area contributed by atoms with Crippen molar-refractivity contribution in [3.63, 3.8) is 0 Å². The molecule has 0 spiro atoms. The molecule has 1 amide bonds. The van der Waals surface area contributed by atoms with Gasteiger partial charge in [-0.2, -0.15) is 0 Å². The minimum absolute atomic E-state index is 0.0309. The lowest BCUT2D eigenvalue weighted by Gasteiger charge is -2.07. The van der Waals surface area contributed by atoms with Crippen LogP contribution < -0.4 is 5.32 Å². The van der Waals surface area contributed by atoms with E-state index in [1.807, 2.05) is 24.3 Å². The molecule has 0 atom stereocenters. The van der Waals surface area contributed by atoms with Crippen LogP contribution in [0.15, 0.2) is 47.1 Å². The van der Waals surface area contributed by atoms with Crippen molar-refractivity contribution in [2.75, 3.05) is 5.32 Å². The number of carbonyl (C=O) groups excluding carboxylic acids is 1. The molecule has 0 aliphatic rings. The third-order valence-corrected chi connectivity index (χ3v) is 3.10. The first kappa shape index (κ1) is 14.2. The lowest BCUT2D eigenvalue weighted by molar-refractivity contribution is -0.115. The molecule has 2 rings (SSSR count). The number of nitrogens with zero attached hydrogens (tertiary/aromatic N) is 1. The second-order valence-electron chi connectivity index (χ2n) is 4.06. The zero-order chi connectivity index (χ0) is 14.5. The SMILES string of the molecule is O=C(Cc1ccc(Br)cc1)Nc1ncccc1C(=O)O. The van der Waals surface area contributed by atoms with Gasteiger partial charge in [-0.05, 0) is 29.8 Å². The third kappa shape index (κ3) is 3.64. The highest BCUT2D eigenvalue weighted by Crippen LogP contribution is 2.13. The quantitative estimate of drug-likeness (QED) is 0.900. The van der Waals surface area contributed by atoms with Crippen molar-refractivity contribution in [2.24, 2.45) is 0 Å². The van der Waals surface area contributed by atoms with Gasteiger partial charge in [0.1, 0.15) is 11.4 Å². The lowest BCUT2D eigenvalue weighted by Crippen LogP contribution is -2.17. The normalized spacial score (nSPS) is 10.1. The molecule has 2 N–H and O–H groups in total. The maximum atomic E-state index is 11.9. The van der Waals surface area contributed by atoms with Crippen LogP contribution in [0.1, 0.15) is 15.9 Å². The van der Waals surface area contributed by atoms with Crippen LogP contribution in [0.4, 0.5) is 5.82 Å². The fraction of sp³-hybridized carbons (Fsp3) is 0.0714. The fourth-order valence-electron chi connectivity index (χ4n) is 1.64. The molecule has 0 aliphatic heterocycles. The van der Waals surface area contributed by atoms with Gasteiger partial charge in [-0.25, -0.2) is 9.78 Å². The largest absolute Gasteiger partial charge is 0.478 e. The Bertz CT molecular complexity index is 641. The predicted octanol–water partition coefficient (Wildman–Crippen LogP) is 2.72. The number of carboxylic acid groups (broad SMARTS) is 1. The van der Waals surface area contributed by atoms with E-state index in [4.69, 9.17) is 5.11 Å². The highest BCUT2D eigenvalue weighted by atomic mass is 79.9. The van der Waals surface area contributed by atoms with Gasteiger partial charge in [0.25, 0.3) is 0 Å². The molecule has 0 saturated carbocycles. The Kier molecular flexibility index (Phi) is 4.47. The summed E-state index contributed by atoms with van der Waals surface area (Å²) in [6.45, 7) is 0. The van der Waals surface area contributed by atoms with Crippen LogP contribution in [0.5, 0.6) is 0 Å². The summed E-state index contributed by atoms with van der Waals surface area (Å²) in [4.78, 5) is 26.8. The number of amides is 1. The maximum Gasteiger partial charge on any atom is 0.339 e. The third-order valence-electron chi connectivity index (χ3n) is 2.57. The minimum Gasteiger partial charge on any atom is -0.478 e. The number of pyridine rings is 1. The Hall–Kier alpha value is -2.21. The summed E-state index contributed by atoms with van der Waals surface area (Å²) < 4.78 is 0.930. The average Bonchev–Trinajstić information content (AvgIpc) is 2.41. The van der Waals surface area contributed by atoms with Gasteiger partial charge in [-0.1, -0.05) is 28.1 Å². The van der Waals surface area contributed by atoms with Crippen LogP contribution >= 0.6 is 15.9 Å². The standard InChI is InChI=1S/C14H11BrN2O3/c15-10-5-3-9(4-6-10)8-12(18)17-13-11(14(19)20)2-1-7-16-13/h1-7H,8H2,(H,19,20)(H,16,17,18). The minimum atomic E-state index is -1.13. The van der Waals surface area contributed by atoms with E-state index in [1.54, 1.807) is 0 Å². The number of carboxylic acids is 1. The molecule has 2 aromatic rings. The van der Waals surface area contributed by atoms with Gasteiger partial charge in [-0.3, -0.25) is 4.79 Å². The van der Waals surface area contributed by atoms with E-state index >= 15 is 0 Å². The molecular formula is C14H11BrN2O3. The topological polar surface area (TPSA) is 79.3 Å². The Morgan fingerprint density at radius 3 is 2.55 bits per heavy atom. The van der Waals surface area contributed by atoms with E-state index in [-0.39, 0.29) is 23.7 Å². The van der Waals surface area contributed by atoms with E-state index in [0.717, 1.165) is 10.0 Å². The fourth-order valence-corrected chi connectivity index (χ4v) is 1.91. The van der Waals surface area contributed by atoms with E-state index in [2.05, 4.69) is 26.2 Å². The second kappa shape index (κ2) is 6.29. The number of carbonyl (C=O) groups is 2. The molecule has 102 valence electrons. The van der Waals surface area contributed by atoms with Crippen molar-refractivity contribution in [3.05, 3.63) is 58.2 Å². The van der Waals surface area contributed by atoms with Gasteiger partial charge in [0.15, 0.2) is 0 Å². The van der Waals surface area contributed by atoms with Gasteiger partial charge >= 0.3 is 5.97 Å². The highest BCUT2D eigenvalue weighted by Gasteiger charge is 2.13. The Morgan fingerprint density at radius 1 is 1.20 bits per heavy atom. The summed E-state index contributed by atoms with van der Waals surface area (Å²) in [6, 6.07) is 10.2. The predicted molar refractivity (Wildman–Crippen MR) is 77.7 cm³/mol. The highest BCUT2D eigenvalue weighted by molar-refractivity contribution is 9.10. The van der Waals surface area contributed by atoms with Crippen LogP contribution in [0.25, 0.3) is 0 Å². The first-order valence-electron chi connectivity index (χ1n) is 5.79. The number of aromatic nitrogens is 1. The molecule has 0 bridgehead atoms. The number of nitrogens with one attached hydrogen (secondary N) is 1. The van der Waals surface area contributed by atoms with Crippen LogP contribution in [0.2, 0.25) is 0 Å². The molecule has 0 fully saturated rings. The van der Waals surface area contributed by atoms with Gasteiger partial charge in [0.2, 0.25) is 5.91 Å². The smallest absolute Gasteiger partial charge is 0.339 e. The Labute approximate surface area is 123 Å². The molecule has 0 unspecified atom stereocenters. The number of halogens is 1. The average molecular weight is 335 g/mol. The van der Waals surface area contributed by atoms with E-state index in [1.165, 1.54) is 18.3 Å². The first-order valence-corrected chi connectivity index (χ1v) is 6.58. The monoisotopic (exact) mass is 334 g/mol. The molecule has 5 nitrogen and oxygen atoms in total. The summed E-state index contributed by atoms with van der Waals surface area (Å²) in [6.07, 6.45) is 1.59. The van der Waals surface area contributed by atoms with Gasteiger partial charge < -0.3 is 10.4 Å². The van der Waals surface area contributed by atoms with Crippen LogP contribution in [-0.4, -0.2) is 22.0 Å². The first-order chi connectivity index (χ1) is 9.56. The van der Waals surface area contributed by atoms with E-state index < -0.39 is 5.97 Å². The Morgan fingerprint density at radius 2 is 1.90 bits per heavy atom. The molecule has 0 saturated heterocycles. The van der Waals surface area contributed by atoms with Crippen LogP contribution in [-0.2, 0) is 11.2 Å². The summed E-state index contributed by atoms with van der Waals surface area (Å²) in [5.41, 5.74) is 0.801. The lowest BCUT2D eigenvalue weighted by atomic mass is 10.1. The van der Waals surface area contributed by atoms with Crippen molar-refractivity contribution in [2.45, 2.75) is 6.42 Å². The second-order valence-corrected chi connectivity index (χ2v) is 4.97. The summed E-state index contributed by atoms with van der Waals surface area (Å²) in [5, 5.41) is 11.5. The molecule has 0 radical (unpaired) electrons. The van der Waals surface area contributed by atoms with Gasteiger partial charge in [-0.15, -0.1) is 0 Å². The molecule has 1 heterocycles. The van der Waals surface area contributed by atoms with Crippen LogP contribution in [0.3, 0.4) is 0 Å². The van der Waals surface area contributed by atoms with E-state index in [0.29, 0.717) is 0 Å². The molecule has 1 aromatic carbocycles. The molecule has 6 heteroatoms. The molecular weight excluding hydrogens is 324 g/mol. The summed E-state index contributed by atoms with van der Waals surface area (Å²) >= 11 is 3.32. The van der Waals surface area contributed by atoms with Crippen molar-refractivity contribution in [1.82, 2.24) is 4.98 Å². The van der Waals surface area contributed by atoms with Crippen molar-refractivity contribution in [1.29, 1.82) is 0 Å². The number of benzene rings is 1. The van der Waals surface area contributed by atoms with Crippen molar-refractivity contribution < 1.29 is 14.7 Å². The zero-order valence-electron chi connectivity index (χ0n) is 10.3. The number of hydrogen-bond donors (Lipinski definition) is 2. The van der Waals surface area contributed by atoms with Gasteiger partial charge in [0.05, 0.1) is 6.42 Å². The molecule has 1 aromatic heterocycles. The summed E-state index contributed by atoms with van der Waals surface area (Å²) in [5.74, 6) is -1.38. The van der Waals surface area contributed by atoms with Gasteiger partial charge in [0, 0.05) is 10.7 Å². The molecule has 20 heavy (non-hydrogen) atoms. The van der Waals surface area contributed by atoms with Crippen LogP contribution in [0, 0.1) is 0 Å². The maximum absolute atomic E-state index is 11.9. The number of hydrogen-bond acceptors (Lipinski definition) is 3. The summed E-state index contributed by atoms with van der Waals surface area (Å²) in [7, 11) is 0. The van der Waals surface area contributed by atoms with Crippen molar-refractivity contribution >= 4 is 33.6 Å². The molecule has 0 aliphatic carbocycles. The van der Waals surface area contributed by atoms with Crippen molar-refractivity contribution in [3.8, 4) is 0 Å². The number of aromatic carboxylic acids is 1. The number of anilines is 1. The Balaban J connectivity index is 2.08. The zero-order valence-corrected chi connectivity index (χ0v) is 11.9. The number of rotatable bonds is 4. The van der Waals surface area contributed by atoms with E-state index in [9.17, 15) is 9.59 Å².